The van der Waals surface area contributed by atoms with Crippen LogP contribution in [0.15, 0.2) is 54.6 Å². The Balaban J connectivity index is 1.67. The molecule has 0 amide bonds. The number of hydrogen-bond donors (Lipinski definition) is 0. The van der Waals surface area contributed by atoms with Gasteiger partial charge in [0.15, 0.2) is 0 Å². The SMILES string of the molecule is CCC1CC(CC)C(OC(=O)c2ccc(-c3ccccc3)cc2)C1. The van der Waals surface area contributed by atoms with E-state index in [2.05, 4.69) is 26.0 Å². The summed E-state index contributed by atoms with van der Waals surface area (Å²) in [7, 11) is 0. The average molecular weight is 322 g/mol. The summed E-state index contributed by atoms with van der Waals surface area (Å²) in [4.78, 5) is 12.5. The predicted molar refractivity (Wildman–Crippen MR) is 97.9 cm³/mol. The molecule has 2 heteroatoms. The van der Waals surface area contributed by atoms with E-state index in [-0.39, 0.29) is 12.1 Å². The summed E-state index contributed by atoms with van der Waals surface area (Å²) in [5, 5.41) is 0. The molecule has 126 valence electrons. The Morgan fingerprint density at radius 1 is 0.917 bits per heavy atom. The van der Waals surface area contributed by atoms with Crippen LogP contribution in [0.2, 0.25) is 0 Å². The third kappa shape index (κ3) is 3.69. The fourth-order valence-corrected chi connectivity index (χ4v) is 3.74. The molecule has 0 aliphatic heterocycles. The van der Waals surface area contributed by atoms with Crippen LogP contribution < -0.4 is 0 Å². The van der Waals surface area contributed by atoms with E-state index in [0.717, 1.165) is 24.0 Å². The Morgan fingerprint density at radius 2 is 1.58 bits per heavy atom. The van der Waals surface area contributed by atoms with Crippen molar-refractivity contribution in [2.75, 3.05) is 0 Å². The lowest BCUT2D eigenvalue weighted by atomic mass is 10.0. The first-order valence-electron chi connectivity index (χ1n) is 9.07. The number of ether oxygens (including phenoxy) is 1. The van der Waals surface area contributed by atoms with Gasteiger partial charge < -0.3 is 4.74 Å². The second-order valence-electron chi connectivity index (χ2n) is 6.80. The molecule has 3 atom stereocenters. The van der Waals surface area contributed by atoms with Gasteiger partial charge in [0, 0.05) is 0 Å². The second kappa shape index (κ2) is 7.65. The summed E-state index contributed by atoms with van der Waals surface area (Å²) in [6.07, 6.45) is 4.56. The van der Waals surface area contributed by atoms with Gasteiger partial charge in [-0.15, -0.1) is 0 Å². The maximum atomic E-state index is 12.5. The first-order valence-corrected chi connectivity index (χ1v) is 9.07. The minimum atomic E-state index is -0.185. The molecule has 2 nitrogen and oxygen atoms in total. The van der Waals surface area contributed by atoms with Crippen molar-refractivity contribution in [3.63, 3.8) is 0 Å². The Hall–Kier alpha value is -2.09. The summed E-state index contributed by atoms with van der Waals surface area (Å²) in [6.45, 7) is 4.42. The van der Waals surface area contributed by atoms with Crippen molar-refractivity contribution in [3.8, 4) is 11.1 Å². The summed E-state index contributed by atoms with van der Waals surface area (Å²) in [5.74, 6) is 1.03. The molecule has 0 N–H and O–H groups in total. The van der Waals surface area contributed by atoms with E-state index in [1.807, 2.05) is 42.5 Å². The summed E-state index contributed by atoms with van der Waals surface area (Å²) < 4.78 is 5.84. The van der Waals surface area contributed by atoms with E-state index < -0.39 is 0 Å². The molecule has 24 heavy (non-hydrogen) atoms. The zero-order chi connectivity index (χ0) is 16.9. The quantitative estimate of drug-likeness (QED) is 0.658. The highest BCUT2D eigenvalue weighted by atomic mass is 16.5. The molecule has 2 aromatic carbocycles. The Kier molecular flexibility index (Phi) is 5.34. The van der Waals surface area contributed by atoms with Crippen molar-refractivity contribution in [2.45, 2.75) is 45.6 Å². The van der Waals surface area contributed by atoms with Gasteiger partial charge in [-0.05, 0) is 54.4 Å². The number of benzene rings is 2. The Labute approximate surface area is 144 Å². The van der Waals surface area contributed by atoms with Gasteiger partial charge in [-0.2, -0.15) is 0 Å². The van der Waals surface area contributed by atoms with Crippen LogP contribution in [0.1, 0.15) is 49.9 Å². The van der Waals surface area contributed by atoms with Crippen molar-refractivity contribution >= 4 is 5.97 Å². The molecule has 0 bridgehead atoms. The highest BCUT2D eigenvalue weighted by Gasteiger charge is 2.34. The summed E-state index contributed by atoms with van der Waals surface area (Å²) >= 11 is 0. The van der Waals surface area contributed by atoms with Crippen LogP contribution in [0.4, 0.5) is 0 Å². The van der Waals surface area contributed by atoms with Crippen LogP contribution in [-0.2, 0) is 4.74 Å². The zero-order valence-electron chi connectivity index (χ0n) is 14.6. The number of carbonyl (C=O) groups is 1. The Morgan fingerprint density at radius 3 is 2.21 bits per heavy atom. The standard InChI is InChI=1S/C22H26O2/c1-3-16-14-17(4-2)21(15-16)24-22(23)20-12-10-19(11-13-20)18-8-6-5-7-9-18/h5-13,16-17,21H,3-4,14-15H2,1-2H3. The van der Waals surface area contributed by atoms with E-state index in [9.17, 15) is 4.79 Å². The predicted octanol–water partition coefficient (Wildman–Crippen LogP) is 5.73. The molecule has 0 radical (unpaired) electrons. The highest BCUT2D eigenvalue weighted by Crippen LogP contribution is 2.37. The second-order valence-corrected chi connectivity index (χ2v) is 6.80. The van der Waals surface area contributed by atoms with Crippen molar-refractivity contribution in [3.05, 3.63) is 60.2 Å². The molecule has 0 aromatic heterocycles. The van der Waals surface area contributed by atoms with Crippen LogP contribution in [-0.4, -0.2) is 12.1 Å². The summed E-state index contributed by atoms with van der Waals surface area (Å²) in [5.41, 5.74) is 2.92. The lowest BCUT2D eigenvalue weighted by Crippen LogP contribution is -2.22. The first kappa shape index (κ1) is 16.8. The van der Waals surface area contributed by atoms with Gasteiger partial charge in [0.25, 0.3) is 0 Å². The first-order chi connectivity index (χ1) is 11.7. The topological polar surface area (TPSA) is 26.3 Å². The monoisotopic (exact) mass is 322 g/mol. The van der Waals surface area contributed by atoms with Gasteiger partial charge in [0.05, 0.1) is 5.56 Å². The normalized spacial score (nSPS) is 23.2. The number of rotatable bonds is 5. The number of esters is 1. The van der Waals surface area contributed by atoms with Gasteiger partial charge in [-0.1, -0.05) is 62.7 Å². The maximum absolute atomic E-state index is 12.5. The third-order valence-corrected chi connectivity index (χ3v) is 5.32. The third-order valence-electron chi connectivity index (χ3n) is 5.32. The van der Waals surface area contributed by atoms with Crippen LogP contribution in [0, 0.1) is 11.8 Å². The molecular formula is C22H26O2. The molecule has 1 fully saturated rings. The molecule has 0 saturated heterocycles. The minimum absolute atomic E-state index is 0.0845. The lowest BCUT2D eigenvalue weighted by molar-refractivity contribution is 0.0198. The molecule has 0 spiro atoms. The molecule has 2 aromatic rings. The van der Waals surface area contributed by atoms with Gasteiger partial charge >= 0.3 is 5.97 Å². The van der Waals surface area contributed by atoms with Crippen molar-refractivity contribution < 1.29 is 9.53 Å². The van der Waals surface area contributed by atoms with Crippen LogP contribution in [0.25, 0.3) is 11.1 Å². The smallest absolute Gasteiger partial charge is 0.338 e. The summed E-state index contributed by atoms with van der Waals surface area (Å²) in [6, 6.07) is 17.9. The molecule has 1 saturated carbocycles. The van der Waals surface area contributed by atoms with Crippen LogP contribution in [0.3, 0.4) is 0 Å². The molecule has 0 heterocycles. The highest BCUT2D eigenvalue weighted by molar-refractivity contribution is 5.90. The van der Waals surface area contributed by atoms with Gasteiger partial charge in [-0.3, -0.25) is 0 Å². The fraction of sp³-hybridized carbons (Fsp3) is 0.409. The van der Waals surface area contributed by atoms with E-state index in [0.29, 0.717) is 17.4 Å². The van der Waals surface area contributed by atoms with Crippen LogP contribution >= 0.6 is 0 Å². The Bertz CT molecular complexity index is 660. The molecule has 1 aliphatic carbocycles. The van der Waals surface area contributed by atoms with Gasteiger partial charge in [0.2, 0.25) is 0 Å². The number of hydrogen-bond acceptors (Lipinski definition) is 2. The minimum Gasteiger partial charge on any atom is -0.458 e. The maximum Gasteiger partial charge on any atom is 0.338 e. The van der Waals surface area contributed by atoms with E-state index >= 15 is 0 Å². The van der Waals surface area contributed by atoms with E-state index in [1.165, 1.54) is 12.8 Å². The molecule has 3 rings (SSSR count). The fourth-order valence-electron chi connectivity index (χ4n) is 3.74. The van der Waals surface area contributed by atoms with Crippen molar-refractivity contribution in [1.29, 1.82) is 0 Å². The van der Waals surface area contributed by atoms with Crippen molar-refractivity contribution in [2.24, 2.45) is 11.8 Å². The molecule has 3 unspecified atom stereocenters. The zero-order valence-corrected chi connectivity index (χ0v) is 14.6. The lowest BCUT2D eigenvalue weighted by Gasteiger charge is -2.18. The number of carbonyl (C=O) groups excluding carboxylic acids is 1. The average Bonchev–Trinajstić information content (AvgIpc) is 3.04. The van der Waals surface area contributed by atoms with Crippen LogP contribution in [0.5, 0.6) is 0 Å². The molecule has 1 aliphatic rings. The largest absolute Gasteiger partial charge is 0.458 e. The molecular weight excluding hydrogens is 296 g/mol. The van der Waals surface area contributed by atoms with Crippen molar-refractivity contribution in [1.82, 2.24) is 0 Å². The van der Waals surface area contributed by atoms with Gasteiger partial charge in [-0.25, -0.2) is 4.79 Å². The van der Waals surface area contributed by atoms with Gasteiger partial charge in [0.1, 0.15) is 6.10 Å². The van der Waals surface area contributed by atoms with E-state index in [1.54, 1.807) is 0 Å². The van der Waals surface area contributed by atoms with E-state index in [4.69, 9.17) is 4.74 Å².